The molecule has 2 aromatic carbocycles. The van der Waals surface area contributed by atoms with Crippen molar-refractivity contribution in [1.82, 2.24) is 15.2 Å². The number of hydrogen-bond donors (Lipinski definition) is 2. The molecule has 0 radical (unpaired) electrons. The SMILES string of the molecule is Cc1[nH]c2ccc(C(=O)NCc3ccc(CN4CCOCC4)cc3)cc2c1C. The number of aromatic amines is 1. The molecule has 28 heavy (non-hydrogen) atoms. The van der Waals surface area contributed by atoms with Crippen LogP contribution in [0.2, 0.25) is 0 Å². The first-order valence-corrected chi connectivity index (χ1v) is 9.85. The molecular weight excluding hydrogens is 350 g/mol. The monoisotopic (exact) mass is 377 g/mol. The predicted molar refractivity (Wildman–Crippen MR) is 111 cm³/mol. The fraction of sp³-hybridized carbons (Fsp3) is 0.348. The number of fused-ring (bicyclic) bond motifs is 1. The maximum atomic E-state index is 12.6. The van der Waals surface area contributed by atoms with Crippen LogP contribution in [0.15, 0.2) is 42.5 Å². The van der Waals surface area contributed by atoms with Gasteiger partial charge in [-0.1, -0.05) is 24.3 Å². The second-order valence-corrected chi connectivity index (χ2v) is 7.52. The van der Waals surface area contributed by atoms with Crippen molar-refractivity contribution < 1.29 is 9.53 Å². The number of nitrogens with zero attached hydrogens (tertiary/aromatic N) is 1. The van der Waals surface area contributed by atoms with Crippen LogP contribution >= 0.6 is 0 Å². The molecule has 5 nitrogen and oxygen atoms in total. The number of rotatable bonds is 5. The van der Waals surface area contributed by atoms with Gasteiger partial charge >= 0.3 is 0 Å². The number of ether oxygens (including phenoxy) is 1. The minimum Gasteiger partial charge on any atom is -0.379 e. The van der Waals surface area contributed by atoms with E-state index in [0.29, 0.717) is 12.1 Å². The number of amides is 1. The Balaban J connectivity index is 1.36. The third kappa shape index (κ3) is 4.11. The van der Waals surface area contributed by atoms with Crippen LogP contribution in [-0.4, -0.2) is 42.1 Å². The van der Waals surface area contributed by atoms with Gasteiger partial charge in [-0.2, -0.15) is 0 Å². The standard InChI is InChI=1S/C23H27N3O2/c1-16-17(2)25-22-8-7-20(13-21(16)22)23(27)24-14-18-3-5-19(6-4-18)15-26-9-11-28-12-10-26/h3-8,13,25H,9-12,14-15H2,1-2H3,(H,24,27). The summed E-state index contributed by atoms with van der Waals surface area (Å²) < 4.78 is 5.40. The van der Waals surface area contributed by atoms with Gasteiger partial charge in [-0.3, -0.25) is 9.69 Å². The van der Waals surface area contributed by atoms with Gasteiger partial charge in [-0.05, 0) is 48.7 Å². The molecule has 3 aromatic rings. The highest BCUT2D eigenvalue weighted by Gasteiger charge is 2.12. The minimum atomic E-state index is -0.0439. The van der Waals surface area contributed by atoms with Crippen LogP contribution in [0.5, 0.6) is 0 Å². The lowest BCUT2D eigenvalue weighted by Crippen LogP contribution is -2.35. The molecule has 0 spiro atoms. The molecule has 1 fully saturated rings. The Morgan fingerprint density at radius 1 is 1.07 bits per heavy atom. The van der Waals surface area contributed by atoms with E-state index < -0.39 is 0 Å². The van der Waals surface area contributed by atoms with E-state index in [1.807, 2.05) is 18.2 Å². The van der Waals surface area contributed by atoms with E-state index in [4.69, 9.17) is 4.74 Å². The first kappa shape index (κ1) is 18.7. The number of aromatic nitrogens is 1. The largest absolute Gasteiger partial charge is 0.379 e. The van der Waals surface area contributed by atoms with E-state index in [0.717, 1.165) is 55.0 Å². The number of hydrogen-bond acceptors (Lipinski definition) is 3. The Hall–Kier alpha value is -2.63. The Morgan fingerprint density at radius 3 is 2.54 bits per heavy atom. The zero-order chi connectivity index (χ0) is 19.5. The van der Waals surface area contributed by atoms with Gasteiger partial charge in [0.1, 0.15) is 0 Å². The van der Waals surface area contributed by atoms with Crippen molar-refractivity contribution in [3.8, 4) is 0 Å². The highest BCUT2D eigenvalue weighted by Crippen LogP contribution is 2.22. The van der Waals surface area contributed by atoms with Gasteiger partial charge in [0.25, 0.3) is 5.91 Å². The van der Waals surface area contributed by atoms with Gasteiger partial charge in [0.2, 0.25) is 0 Å². The highest BCUT2D eigenvalue weighted by molar-refractivity contribution is 5.99. The number of carbonyl (C=O) groups excluding carboxylic acids is 1. The Morgan fingerprint density at radius 2 is 1.79 bits per heavy atom. The van der Waals surface area contributed by atoms with E-state index in [2.05, 4.69) is 53.3 Å². The molecule has 5 heteroatoms. The lowest BCUT2D eigenvalue weighted by molar-refractivity contribution is 0.0342. The summed E-state index contributed by atoms with van der Waals surface area (Å²) in [6.45, 7) is 9.22. The molecule has 1 aliphatic rings. The smallest absolute Gasteiger partial charge is 0.251 e. The minimum absolute atomic E-state index is 0.0439. The van der Waals surface area contributed by atoms with Crippen molar-refractivity contribution in [1.29, 1.82) is 0 Å². The lowest BCUT2D eigenvalue weighted by Gasteiger charge is -2.26. The van der Waals surface area contributed by atoms with Crippen molar-refractivity contribution >= 4 is 16.8 Å². The van der Waals surface area contributed by atoms with Crippen molar-refractivity contribution in [3.05, 3.63) is 70.4 Å². The van der Waals surface area contributed by atoms with Gasteiger partial charge in [0, 0.05) is 48.3 Å². The van der Waals surface area contributed by atoms with Crippen molar-refractivity contribution in [2.75, 3.05) is 26.3 Å². The average molecular weight is 377 g/mol. The molecule has 0 saturated carbocycles. The van der Waals surface area contributed by atoms with Crippen molar-refractivity contribution in [2.45, 2.75) is 26.9 Å². The molecule has 2 N–H and O–H groups in total. The second-order valence-electron chi connectivity index (χ2n) is 7.52. The highest BCUT2D eigenvalue weighted by atomic mass is 16.5. The van der Waals surface area contributed by atoms with Crippen molar-refractivity contribution in [3.63, 3.8) is 0 Å². The maximum absolute atomic E-state index is 12.6. The Labute approximate surface area is 165 Å². The van der Waals surface area contributed by atoms with Crippen LogP contribution in [0, 0.1) is 13.8 Å². The molecule has 1 saturated heterocycles. The molecule has 1 aliphatic heterocycles. The maximum Gasteiger partial charge on any atom is 0.251 e. The molecule has 0 unspecified atom stereocenters. The van der Waals surface area contributed by atoms with Crippen LogP contribution in [0.1, 0.15) is 32.7 Å². The third-order valence-corrected chi connectivity index (χ3v) is 5.56. The molecule has 4 rings (SSSR count). The number of nitrogens with one attached hydrogen (secondary N) is 2. The van der Waals surface area contributed by atoms with E-state index in [-0.39, 0.29) is 5.91 Å². The van der Waals surface area contributed by atoms with Gasteiger partial charge in [-0.25, -0.2) is 0 Å². The quantitative estimate of drug-likeness (QED) is 0.715. The molecular formula is C23H27N3O2. The van der Waals surface area contributed by atoms with E-state index in [1.165, 1.54) is 11.1 Å². The summed E-state index contributed by atoms with van der Waals surface area (Å²) in [7, 11) is 0. The number of H-pyrrole nitrogens is 1. The second kappa shape index (κ2) is 8.17. The zero-order valence-corrected chi connectivity index (χ0v) is 16.5. The van der Waals surface area contributed by atoms with E-state index in [1.54, 1.807) is 0 Å². The van der Waals surface area contributed by atoms with Gasteiger partial charge in [-0.15, -0.1) is 0 Å². The molecule has 146 valence electrons. The summed E-state index contributed by atoms with van der Waals surface area (Å²) in [5.74, 6) is -0.0439. The predicted octanol–water partition coefficient (Wildman–Crippen LogP) is 3.55. The molecule has 1 aromatic heterocycles. The summed E-state index contributed by atoms with van der Waals surface area (Å²) in [5.41, 5.74) is 6.50. The van der Waals surface area contributed by atoms with Crippen LogP contribution in [0.3, 0.4) is 0 Å². The summed E-state index contributed by atoms with van der Waals surface area (Å²) in [6, 6.07) is 14.3. The first-order chi connectivity index (χ1) is 13.6. The van der Waals surface area contributed by atoms with Gasteiger partial charge < -0.3 is 15.0 Å². The number of benzene rings is 2. The lowest BCUT2D eigenvalue weighted by atomic mass is 10.1. The van der Waals surface area contributed by atoms with Crippen LogP contribution < -0.4 is 5.32 Å². The Bertz CT molecular complexity index is 969. The van der Waals surface area contributed by atoms with E-state index >= 15 is 0 Å². The summed E-state index contributed by atoms with van der Waals surface area (Å²) in [5, 5.41) is 4.14. The Kier molecular flexibility index (Phi) is 5.46. The van der Waals surface area contributed by atoms with Crippen LogP contribution in [0.25, 0.3) is 10.9 Å². The number of carbonyl (C=O) groups is 1. The fourth-order valence-electron chi connectivity index (χ4n) is 3.67. The molecule has 0 bridgehead atoms. The molecule has 1 amide bonds. The number of aryl methyl sites for hydroxylation is 2. The zero-order valence-electron chi connectivity index (χ0n) is 16.5. The third-order valence-electron chi connectivity index (χ3n) is 5.56. The fourth-order valence-corrected chi connectivity index (χ4v) is 3.67. The van der Waals surface area contributed by atoms with Gasteiger partial charge in [0.05, 0.1) is 13.2 Å². The normalized spacial score (nSPS) is 15.1. The number of morpholine rings is 1. The van der Waals surface area contributed by atoms with Crippen LogP contribution in [0.4, 0.5) is 0 Å². The van der Waals surface area contributed by atoms with Gasteiger partial charge in [0.15, 0.2) is 0 Å². The van der Waals surface area contributed by atoms with E-state index in [9.17, 15) is 4.79 Å². The molecule has 0 aliphatic carbocycles. The topological polar surface area (TPSA) is 57.4 Å². The summed E-state index contributed by atoms with van der Waals surface area (Å²) >= 11 is 0. The van der Waals surface area contributed by atoms with Crippen LogP contribution in [-0.2, 0) is 17.8 Å². The molecule has 2 heterocycles. The molecule has 0 atom stereocenters. The average Bonchev–Trinajstić information content (AvgIpc) is 3.01. The summed E-state index contributed by atoms with van der Waals surface area (Å²) in [6.07, 6.45) is 0. The summed E-state index contributed by atoms with van der Waals surface area (Å²) in [4.78, 5) is 18.3. The first-order valence-electron chi connectivity index (χ1n) is 9.85. The van der Waals surface area contributed by atoms with Crippen molar-refractivity contribution in [2.24, 2.45) is 0 Å².